The maximum atomic E-state index is 14.3. The Bertz CT molecular complexity index is 854. The van der Waals surface area contributed by atoms with E-state index in [2.05, 4.69) is 18.4 Å². The fourth-order valence-electron chi connectivity index (χ4n) is 2.56. The zero-order valence-corrected chi connectivity index (χ0v) is 14.4. The van der Waals surface area contributed by atoms with Gasteiger partial charge in [-0.3, -0.25) is 0 Å². The van der Waals surface area contributed by atoms with Crippen LogP contribution in [-0.4, -0.2) is 15.6 Å². The lowest BCUT2D eigenvalue weighted by Crippen LogP contribution is -1.97. The van der Waals surface area contributed by atoms with E-state index in [1.54, 1.807) is 13.8 Å². The van der Waals surface area contributed by atoms with Crippen LogP contribution < -0.4 is 0 Å². The zero-order chi connectivity index (χ0) is 17.9. The van der Waals surface area contributed by atoms with Crippen LogP contribution in [0.1, 0.15) is 39.3 Å². The fourth-order valence-corrected chi connectivity index (χ4v) is 2.56. The number of allylic oxidation sites excluding steroid dienone is 5. The van der Waals surface area contributed by atoms with Crippen LogP contribution >= 0.6 is 0 Å². The van der Waals surface area contributed by atoms with Crippen molar-refractivity contribution in [2.75, 3.05) is 0 Å². The Morgan fingerprint density at radius 2 is 1.92 bits per heavy atom. The summed E-state index contributed by atoms with van der Waals surface area (Å²) in [6.45, 7) is 7.58. The smallest absolute Gasteiger partial charge is 0.328 e. The SMILES string of the molecule is CC(/C=C/C(F)=C(/C)c1ccc2c(ccn2C(C)C)c1)=C\C(=O)O. The summed E-state index contributed by atoms with van der Waals surface area (Å²) >= 11 is 0. The lowest BCUT2D eigenvalue weighted by molar-refractivity contribution is -0.131. The minimum absolute atomic E-state index is 0.369. The summed E-state index contributed by atoms with van der Waals surface area (Å²) in [5.74, 6) is -1.42. The molecule has 1 aromatic carbocycles. The Labute approximate surface area is 141 Å². The fraction of sp³-hybridized carbons (Fsp3) is 0.250. The number of carbonyl (C=O) groups is 1. The number of hydrogen-bond donors (Lipinski definition) is 1. The van der Waals surface area contributed by atoms with Crippen molar-refractivity contribution in [1.29, 1.82) is 0 Å². The van der Waals surface area contributed by atoms with Crippen LogP contribution in [0.5, 0.6) is 0 Å². The third-order valence-corrected chi connectivity index (χ3v) is 3.91. The third kappa shape index (κ3) is 4.02. The quantitative estimate of drug-likeness (QED) is 0.581. The van der Waals surface area contributed by atoms with E-state index in [-0.39, 0.29) is 5.83 Å². The second-order valence-corrected chi connectivity index (χ2v) is 6.12. The van der Waals surface area contributed by atoms with Gasteiger partial charge >= 0.3 is 5.97 Å². The number of halogens is 1. The van der Waals surface area contributed by atoms with Crippen molar-refractivity contribution in [1.82, 2.24) is 4.57 Å². The molecule has 0 unspecified atom stereocenters. The predicted molar refractivity (Wildman–Crippen MR) is 96.6 cm³/mol. The van der Waals surface area contributed by atoms with Crippen LogP contribution in [0.15, 0.2) is 60.1 Å². The first-order chi connectivity index (χ1) is 11.3. The van der Waals surface area contributed by atoms with Gasteiger partial charge in [0.05, 0.1) is 0 Å². The molecule has 1 N–H and O–H groups in total. The van der Waals surface area contributed by atoms with E-state index >= 15 is 0 Å². The molecule has 0 radical (unpaired) electrons. The highest BCUT2D eigenvalue weighted by atomic mass is 19.1. The van der Waals surface area contributed by atoms with E-state index in [4.69, 9.17) is 5.11 Å². The summed E-state index contributed by atoms with van der Waals surface area (Å²) in [6, 6.07) is 8.27. The standard InChI is InChI=1S/C20H22FNO2/c1-13(2)22-10-9-17-12-16(6-8-19(17)22)15(4)18(21)7-5-14(3)11-20(23)24/h5-13H,1-4H3,(H,23,24)/b7-5+,14-11+,18-15+. The van der Waals surface area contributed by atoms with Gasteiger partial charge in [0, 0.05) is 29.2 Å². The predicted octanol–water partition coefficient (Wildman–Crippen LogP) is 5.51. The summed E-state index contributed by atoms with van der Waals surface area (Å²) in [4.78, 5) is 10.6. The molecule has 24 heavy (non-hydrogen) atoms. The maximum Gasteiger partial charge on any atom is 0.328 e. The van der Waals surface area contributed by atoms with Gasteiger partial charge in [0.2, 0.25) is 0 Å². The molecule has 0 spiro atoms. The Morgan fingerprint density at radius 1 is 1.21 bits per heavy atom. The van der Waals surface area contributed by atoms with Gasteiger partial charge in [0.25, 0.3) is 0 Å². The van der Waals surface area contributed by atoms with Gasteiger partial charge in [0.1, 0.15) is 5.83 Å². The monoisotopic (exact) mass is 327 g/mol. The summed E-state index contributed by atoms with van der Waals surface area (Å²) < 4.78 is 16.5. The second kappa shape index (κ2) is 7.30. The van der Waals surface area contributed by atoms with Gasteiger partial charge in [-0.2, -0.15) is 0 Å². The van der Waals surface area contributed by atoms with Crippen molar-refractivity contribution < 1.29 is 14.3 Å². The molecule has 1 heterocycles. The van der Waals surface area contributed by atoms with Gasteiger partial charge in [0.15, 0.2) is 0 Å². The van der Waals surface area contributed by atoms with E-state index in [9.17, 15) is 9.18 Å². The van der Waals surface area contributed by atoms with Crippen molar-refractivity contribution in [3.05, 3.63) is 65.7 Å². The number of hydrogen-bond acceptors (Lipinski definition) is 1. The Kier molecular flexibility index (Phi) is 5.39. The third-order valence-electron chi connectivity index (χ3n) is 3.91. The van der Waals surface area contributed by atoms with Gasteiger partial charge < -0.3 is 9.67 Å². The molecule has 3 nitrogen and oxygen atoms in total. The molecule has 0 atom stereocenters. The summed E-state index contributed by atoms with van der Waals surface area (Å²) in [5, 5.41) is 9.73. The highest BCUT2D eigenvalue weighted by Crippen LogP contribution is 2.26. The van der Waals surface area contributed by atoms with Crippen molar-refractivity contribution in [2.24, 2.45) is 0 Å². The first kappa shape index (κ1) is 17.7. The van der Waals surface area contributed by atoms with E-state index in [0.717, 1.165) is 22.5 Å². The summed E-state index contributed by atoms with van der Waals surface area (Å²) in [5.41, 5.74) is 2.94. The average molecular weight is 327 g/mol. The molecule has 4 heteroatoms. The number of rotatable bonds is 5. The zero-order valence-electron chi connectivity index (χ0n) is 14.4. The van der Waals surface area contributed by atoms with Crippen molar-refractivity contribution >= 4 is 22.4 Å². The van der Waals surface area contributed by atoms with Crippen LogP contribution in [0, 0.1) is 0 Å². The first-order valence-electron chi connectivity index (χ1n) is 7.86. The number of carboxylic acids is 1. The average Bonchev–Trinajstić information content (AvgIpc) is 2.94. The molecule has 0 aliphatic heterocycles. The number of aliphatic carboxylic acids is 1. The highest BCUT2D eigenvalue weighted by Gasteiger charge is 2.07. The molecule has 0 fully saturated rings. The topological polar surface area (TPSA) is 42.2 Å². The molecule has 0 aliphatic rings. The van der Waals surface area contributed by atoms with Crippen LogP contribution in [0.4, 0.5) is 4.39 Å². The molecule has 126 valence electrons. The number of fused-ring (bicyclic) bond motifs is 1. The normalized spacial score (nSPS) is 13.8. The van der Waals surface area contributed by atoms with Gasteiger partial charge in [-0.15, -0.1) is 0 Å². The van der Waals surface area contributed by atoms with Gasteiger partial charge in [-0.25, -0.2) is 9.18 Å². The van der Waals surface area contributed by atoms with E-state index in [1.165, 1.54) is 12.2 Å². The van der Waals surface area contributed by atoms with Crippen molar-refractivity contribution in [3.8, 4) is 0 Å². The maximum absolute atomic E-state index is 14.3. The molecule has 0 aliphatic carbocycles. The molecule has 0 saturated carbocycles. The summed E-state index contributed by atoms with van der Waals surface area (Å²) in [6.07, 6.45) is 5.84. The number of nitrogens with zero attached hydrogens (tertiary/aromatic N) is 1. The molecule has 2 aromatic rings. The molecule has 2 rings (SSSR count). The lowest BCUT2D eigenvalue weighted by Gasteiger charge is -2.10. The number of carboxylic acid groups (broad SMARTS) is 1. The van der Waals surface area contributed by atoms with E-state index in [0.29, 0.717) is 17.2 Å². The molecular formula is C20H22FNO2. The molecular weight excluding hydrogens is 305 g/mol. The van der Waals surface area contributed by atoms with Crippen molar-refractivity contribution in [2.45, 2.75) is 33.7 Å². The Hall–Kier alpha value is -2.62. The lowest BCUT2D eigenvalue weighted by atomic mass is 10.0. The largest absolute Gasteiger partial charge is 0.478 e. The molecule has 1 aromatic heterocycles. The number of benzene rings is 1. The Morgan fingerprint density at radius 3 is 2.54 bits per heavy atom. The summed E-state index contributed by atoms with van der Waals surface area (Å²) in [7, 11) is 0. The Balaban J connectivity index is 2.34. The number of aromatic nitrogens is 1. The molecule has 0 saturated heterocycles. The first-order valence-corrected chi connectivity index (χ1v) is 7.86. The second-order valence-electron chi connectivity index (χ2n) is 6.12. The van der Waals surface area contributed by atoms with Crippen molar-refractivity contribution in [3.63, 3.8) is 0 Å². The van der Waals surface area contributed by atoms with Crippen LogP contribution in [0.2, 0.25) is 0 Å². The van der Waals surface area contributed by atoms with E-state index < -0.39 is 5.97 Å². The van der Waals surface area contributed by atoms with Gasteiger partial charge in [-0.1, -0.05) is 12.1 Å². The molecule has 0 amide bonds. The van der Waals surface area contributed by atoms with Crippen LogP contribution in [-0.2, 0) is 4.79 Å². The molecule has 0 bridgehead atoms. The minimum Gasteiger partial charge on any atom is -0.478 e. The van der Waals surface area contributed by atoms with Crippen LogP contribution in [0.3, 0.4) is 0 Å². The van der Waals surface area contributed by atoms with Crippen LogP contribution in [0.25, 0.3) is 16.5 Å². The minimum atomic E-state index is -1.04. The highest BCUT2D eigenvalue weighted by molar-refractivity contribution is 5.85. The van der Waals surface area contributed by atoms with E-state index in [1.807, 2.05) is 30.5 Å². The van der Waals surface area contributed by atoms with Gasteiger partial charge in [-0.05, 0) is 68.7 Å².